The minimum atomic E-state index is -3.89. The number of hydrogen-bond acceptors (Lipinski definition) is 7. The number of ketones is 1. The first-order chi connectivity index (χ1) is 19.7. The number of pyridine rings is 1. The van der Waals surface area contributed by atoms with Gasteiger partial charge in [-0.25, -0.2) is 13.4 Å². The van der Waals surface area contributed by atoms with Crippen LogP contribution in [0.2, 0.25) is 0 Å². The number of sulfone groups is 1. The largest absolute Gasteiger partial charge is 0.382 e. The third-order valence-corrected chi connectivity index (χ3v) is 11.2. The number of fused-ring (bicyclic) bond motifs is 6. The molecule has 43 heavy (non-hydrogen) atoms. The van der Waals surface area contributed by atoms with E-state index < -0.39 is 21.4 Å². The molecule has 5 rings (SSSR count). The number of rotatable bonds is 1. The average Bonchev–Trinajstić information content (AvgIpc) is 3.17. The van der Waals surface area contributed by atoms with Gasteiger partial charge in [0.25, 0.3) is 0 Å². The molecule has 1 unspecified atom stereocenters. The van der Waals surface area contributed by atoms with Crippen molar-refractivity contribution in [1.82, 2.24) is 4.98 Å². The van der Waals surface area contributed by atoms with Crippen LogP contribution in [0, 0.1) is 11.8 Å². The molecule has 3 aliphatic heterocycles. The topological polar surface area (TPSA) is 88.6 Å². The smallest absolute Gasteiger partial charge is 0.185 e. The fourth-order valence-corrected chi connectivity index (χ4v) is 9.12. The van der Waals surface area contributed by atoms with E-state index in [0.717, 1.165) is 50.0 Å². The van der Waals surface area contributed by atoms with E-state index >= 15 is 0 Å². The second-order valence-electron chi connectivity index (χ2n) is 16.1. The van der Waals surface area contributed by atoms with Gasteiger partial charge in [-0.3, -0.25) is 4.79 Å². The average molecular weight is 610 g/mol. The Morgan fingerprint density at radius 1 is 0.953 bits per heavy atom. The zero-order valence-electron chi connectivity index (χ0n) is 27.6. The number of carbonyl (C=O) groups is 1. The number of aromatic nitrogens is 1. The predicted molar refractivity (Wildman–Crippen MR) is 174 cm³/mol. The van der Waals surface area contributed by atoms with Crippen LogP contribution < -0.4 is 10.2 Å². The third kappa shape index (κ3) is 6.95. The predicted octanol–water partition coefficient (Wildman–Crippen LogP) is 7.20. The summed E-state index contributed by atoms with van der Waals surface area (Å²) in [5.41, 5.74) is 1.12. The highest BCUT2D eigenvalue weighted by atomic mass is 32.2. The molecular formula is C35H51N3O4S. The van der Waals surface area contributed by atoms with E-state index in [1.165, 1.54) is 0 Å². The molecule has 1 aromatic heterocycles. The van der Waals surface area contributed by atoms with Crippen LogP contribution in [-0.2, 0) is 20.0 Å². The summed E-state index contributed by atoms with van der Waals surface area (Å²) in [4.78, 5) is 21.3. The Hall–Kier alpha value is -2.45. The molecule has 2 saturated heterocycles. The van der Waals surface area contributed by atoms with Gasteiger partial charge in [-0.2, -0.15) is 0 Å². The van der Waals surface area contributed by atoms with Crippen molar-refractivity contribution in [3.63, 3.8) is 0 Å². The van der Waals surface area contributed by atoms with Crippen LogP contribution in [0.3, 0.4) is 0 Å². The van der Waals surface area contributed by atoms with E-state index in [1.54, 1.807) is 24.3 Å². The summed E-state index contributed by atoms with van der Waals surface area (Å²) in [6.07, 6.45) is 4.82. The molecule has 2 fully saturated rings. The van der Waals surface area contributed by atoms with Gasteiger partial charge in [0.2, 0.25) is 0 Å². The van der Waals surface area contributed by atoms with E-state index in [4.69, 9.17) is 9.72 Å². The minimum absolute atomic E-state index is 0.155. The van der Waals surface area contributed by atoms with E-state index in [9.17, 15) is 13.2 Å². The van der Waals surface area contributed by atoms with Crippen molar-refractivity contribution in [2.45, 2.75) is 128 Å². The molecule has 2 atom stereocenters. The minimum Gasteiger partial charge on any atom is -0.382 e. The first kappa shape index (κ1) is 32.0. The number of carbonyl (C=O) groups excluding carboxylic acids is 1. The molecular weight excluding hydrogens is 558 g/mol. The summed E-state index contributed by atoms with van der Waals surface area (Å²) in [5.74, 6) is 0.386. The van der Waals surface area contributed by atoms with Crippen molar-refractivity contribution >= 4 is 27.1 Å². The Morgan fingerprint density at radius 3 is 2.28 bits per heavy atom. The van der Waals surface area contributed by atoms with Crippen LogP contribution >= 0.6 is 0 Å². The number of Topliss-reactive ketones (excluding diaryl/α,β-unsaturated/α-hetero) is 1. The van der Waals surface area contributed by atoms with Crippen molar-refractivity contribution in [2.75, 3.05) is 22.5 Å². The molecule has 1 N–H and O–H groups in total. The summed E-state index contributed by atoms with van der Waals surface area (Å²) < 4.78 is 33.8. The lowest BCUT2D eigenvalue weighted by atomic mass is 9.75. The van der Waals surface area contributed by atoms with Crippen LogP contribution in [0.5, 0.6) is 0 Å². The molecule has 4 bridgehead atoms. The molecule has 0 aliphatic carbocycles. The third-order valence-electron chi connectivity index (χ3n) is 9.54. The number of hydrogen-bond donors (Lipinski definition) is 1. The maximum absolute atomic E-state index is 13.8. The Bertz CT molecular complexity index is 1470. The maximum atomic E-state index is 13.8. The molecule has 2 aromatic rings. The van der Waals surface area contributed by atoms with Gasteiger partial charge in [0.15, 0.2) is 15.6 Å². The van der Waals surface area contributed by atoms with E-state index in [2.05, 4.69) is 72.5 Å². The van der Waals surface area contributed by atoms with Crippen LogP contribution in [0.4, 0.5) is 11.5 Å². The highest BCUT2D eigenvalue weighted by molar-refractivity contribution is 7.92. The Kier molecular flexibility index (Phi) is 8.08. The second-order valence-corrected chi connectivity index (χ2v) is 18.1. The Labute approximate surface area is 259 Å². The molecule has 4 heterocycles. The lowest BCUT2D eigenvalue weighted by Gasteiger charge is -2.48. The normalized spacial score (nSPS) is 27.0. The number of anilines is 2. The highest BCUT2D eigenvalue weighted by Gasteiger charge is 2.44. The molecule has 3 aliphatic rings. The van der Waals surface area contributed by atoms with Gasteiger partial charge in [-0.1, -0.05) is 26.8 Å². The lowest BCUT2D eigenvalue weighted by Crippen LogP contribution is -2.49. The standard InChI is InChI=1S/C35H51N3O4S/c1-32(2,3)30-16-14-27-29(39)22-43(40,41)26-12-10-11-25(17-26)36-28(24-19-34(6,7)42-35(8,9)20-24)15-13-23-18-33(4,5)38(21-23)31(27)37-30/h10-12,14,16-17,23-24,28,36H,13,15,18-22H2,1-9H3/t23-,28?/m0/s1. The molecule has 1 aromatic carbocycles. The van der Waals surface area contributed by atoms with Gasteiger partial charge in [0.1, 0.15) is 11.6 Å². The highest BCUT2D eigenvalue weighted by Crippen LogP contribution is 2.44. The molecule has 0 radical (unpaired) electrons. The summed E-state index contributed by atoms with van der Waals surface area (Å²) in [5, 5.41) is 3.77. The number of nitrogens with one attached hydrogen (secondary N) is 1. The number of ether oxygens (including phenoxy) is 1. The van der Waals surface area contributed by atoms with Gasteiger partial charge in [-0.15, -0.1) is 0 Å². The zero-order chi connectivity index (χ0) is 31.6. The Morgan fingerprint density at radius 2 is 1.63 bits per heavy atom. The van der Waals surface area contributed by atoms with Crippen molar-refractivity contribution in [3.05, 3.63) is 47.7 Å². The van der Waals surface area contributed by atoms with E-state index in [1.807, 2.05) is 12.1 Å². The summed E-state index contributed by atoms with van der Waals surface area (Å²) in [6.45, 7) is 20.2. The fourth-order valence-electron chi connectivity index (χ4n) is 7.86. The lowest BCUT2D eigenvalue weighted by molar-refractivity contribution is -0.174. The van der Waals surface area contributed by atoms with Gasteiger partial charge in [0.05, 0.1) is 21.7 Å². The van der Waals surface area contributed by atoms with Gasteiger partial charge in [0, 0.05) is 34.9 Å². The second kappa shape index (κ2) is 10.9. The first-order valence-corrected chi connectivity index (χ1v) is 17.5. The number of nitrogens with zero attached hydrogens (tertiary/aromatic N) is 2. The summed E-state index contributed by atoms with van der Waals surface area (Å²) in [7, 11) is -3.89. The van der Waals surface area contributed by atoms with Crippen molar-refractivity contribution in [2.24, 2.45) is 11.8 Å². The SMILES string of the molecule is CC1(C)CC(C2CC[C@@H]3CN(c4nc(C(C)(C)C)ccc4C(=O)CS(=O)(=O)c4cccc(c4)N2)C(C)(C)C3)CC(C)(C)O1. The van der Waals surface area contributed by atoms with Crippen molar-refractivity contribution in [1.29, 1.82) is 0 Å². The van der Waals surface area contributed by atoms with Gasteiger partial charge >= 0.3 is 0 Å². The molecule has 8 heteroatoms. The van der Waals surface area contributed by atoms with Crippen LogP contribution in [0.1, 0.15) is 110 Å². The summed E-state index contributed by atoms with van der Waals surface area (Å²) >= 11 is 0. The molecule has 0 saturated carbocycles. The summed E-state index contributed by atoms with van der Waals surface area (Å²) in [6, 6.07) is 10.8. The van der Waals surface area contributed by atoms with Crippen molar-refractivity contribution in [3.8, 4) is 0 Å². The Balaban J connectivity index is 1.60. The van der Waals surface area contributed by atoms with E-state index in [0.29, 0.717) is 23.2 Å². The van der Waals surface area contributed by atoms with Crippen LogP contribution in [0.25, 0.3) is 0 Å². The molecule has 0 amide bonds. The first-order valence-electron chi connectivity index (χ1n) is 15.9. The monoisotopic (exact) mass is 609 g/mol. The van der Waals surface area contributed by atoms with Crippen LogP contribution in [-0.4, -0.2) is 54.3 Å². The van der Waals surface area contributed by atoms with Crippen LogP contribution in [0.15, 0.2) is 41.3 Å². The molecule has 236 valence electrons. The maximum Gasteiger partial charge on any atom is 0.185 e. The quantitative estimate of drug-likeness (QED) is 0.366. The van der Waals surface area contributed by atoms with Gasteiger partial charge < -0.3 is 15.0 Å². The molecule has 0 spiro atoms. The van der Waals surface area contributed by atoms with Crippen molar-refractivity contribution < 1.29 is 17.9 Å². The number of benzene rings is 1. The fraction of sp³-hybridized carbons (Fsp3) is 0.657. The van der Waals surface area contributed by atoms with E-state index in [-0.39, 0.29) is 33.1 Å². The molecule has 7 nitrogen and oxygen atoms in total. The zero-order valence-corrected chi connectivity index (χ0v) is 28.4. The van der Waals surface area contributed by atoms with Gasteiger partial charge in [-0.05, 0) is 116 Å².